The highest BCUT2D eigenvalue weighted by atomic mass is 32.1. The molecular formula is C32H39FN4O4S. The molecule has 0 spiro atoms. The summed E-state index contributed by atoms with van der Waals surface area (Å²) in [7, 11) is 3.17. The molecule has 0 bridgehead atoms. The fourth-order valence-corrected chi connectivity index (χ4v) is 6.62. The molecule has 3 aromatic rings. The quantitative estimate of drug-likeness (QED) is 0.215. The number of piperidine rings is 1. The zero-order valence-electron chi connectivity index (χ0n) is 24.1. The topological polar surface area (TPSA) is 106 Å². The predicted molar refractivity (Wildman–Crippen MR) is 166 cm³/mol. The smallest absolute Gasteiger partial charge is 0.251 e. The second kappa shape index (κ2) is 13.7. The molecule has 1 aliphatic carbocycles. The van der Waals surface area contributed by atoms with Crippen LogP contribution in [0, 0.1) is 17.8 Å². The molecule has 3 atom stereocenters. The lowest BCUT2D eigenvalue weighted by molar-refractivity contribution is 0.0365. The van der Waals surface area contributed by atoms with Crippen LogP contribution in [0.2, 0.25) is 0 Å². The van der Waals surface area contributed by atoms with E-state index in [2.05, 4.69) is 33.9 Å². The van der Waals surface area contributed by atoms with Gasteiger partial charge >= 0.3 is 0 Å². The molecule has 1 saturated carbocycles. The number of benzene rings is 2. The van der Waals surface area contributed by atoms with Crippen LogP contribution in [0.3, 0.4) is 0 Å². The fourth-order valence-electron chi connectivity index (χ4n) is 5.44. The summed E-state index contributed by atoms with van der Waals surface area (Å²) in [5.41, 5.74) is 3.48. The molecule has 2 heterocycles. The van der Waals surface area contributed by atoms with E-state index in [0.29, 0.717) is 36.7 Å². The molecule has 2 aromatic carbocycles. The Labute approximate surface area is 250 Å². The minimum absolute atomic E-state index is 0.174. The van der Waals surface area contributed by atoms with Crippen LogP contribution in [0.15, 0.2) is 36.4 Å². The number of likely N-dealkylation sites (tertiary alicyclic amines) is 1. The van der Waals surface area contributed by atoms with E-state index in [1.807, 2.05) is 23.1 Å². The van der Waals surface area contributed by atoms with Crippen molar-refractivity contribution in [3.63, 3.8) is 0 Å². The standard InChI is InChI=1S/C32H39FN4O4S/c1-34-32(40)21-10-11-27(29(16-21)41-2)35-13-4-7-30-24(15-20-8-9-20)23-5-3-6-28(31(23)42-30)36-26-12-14-37(18-25(26)33)17-22(39)19-38/h3,5-6,10-11,16,20,22,25-26,35-36,38-39H,8-9,12-15,17-19H2,1-2H3,(H,34,40). The number of anilines is 2. The number of halogens is 1. The molecular weight excluding hydrogens is 555 g/mol. The van der Waals surface area contributed by atoms with E-state index in [4.69, 9.17) is 9.84 Å². The third kappa shape index (κ3) is 7.16. The van der Waals surface area contributed by atoms with Crippen LogP contribution in [-0.2, 0) is 6.42 Å². The van der Waals surface area contributed by atoms with Gasteiger partial charge in [-0.3, -0.25) is 9.69 Å². The van der Waals surface area contributed by atoms with E-state index in [1.165, 1.54) is 23.8 Å². The van der Waals surface area contributed by atoms with Crippen LogP contribution in [-0.4, -0.2) is 86.3 Å². The van der Waals surface area contributed by atoms with Crippen molar-refractivity contribution >= 4 is 38.7 Å². The average Bonchev–Trinajstić information content (AvgIpc) is 3.76. The van der Waals surface area contributed by atoms with Gasteiger partial charge in [-0.2, -0.15) is 0 Å². The molecule has 2 aliphatic rings. The molecule has 3 unspecified atom stereocenters. The number of carbonyl (C=O) groups is 1. The largest absolute Gasteiger partial charge is 0.495 e. The van der Waals surface area contributed by atoms with Crippen LogP contribution in [0.1, 0.15) is 40.1 Å². The number of nitrogens with zero attached hydrogens (tertiary/aromatic N) is 1. The number of aliphatic hydroxyl groups excluding tert-OH is 2. The Morgan fingerprint density at radius 1 is 1.24 bits per heavy atom. The number of hydrogen-bond donors (Lipinski definition) is 5. The van der Waals surface area contributed by atoms with Crippen molar-refractivity contribution < 1.29 is 24.1 Å². The summed E-state index contributed by atoms with van der Waals surface area (Å²) >= 11 is 1.66. The molecule has 10 heteroatoms. The third-order valence-electron chi connectivity index (χ3n) is 7.91. The highest BCUT2D eigenvalue weighted by molar-refractivity contribution is 7.20. The second-order valence-corrected chi connectivity index (χ2v) is 12.1. The maximum atomic E-state index is 15.2. The summed E-state index contributed by atoms with van der Waals surface area (Å²) in [6.07, 6.45) is 2.15. The molecule has 5 rings (SSSR count). The first-order valence-electron chi connectivity index (χ1n) is 14.5. The van der Waals surface area contributed by atoms with E-state index in [1.54, 1.807) is 37.6 Å². The predicted octanol–water partition coefficient (Wildman–Crippen LogP) is 3.86. The number of hydrogen-bond acceptors (Lipinski definition) is 8. The number of β-amino-alcohol motifs (C(OH)–C–C–N with tert-alkyl or cyclic N) is 1. The van der Waals surface area contributed by atoms with Gasteiger partial charge in [0.05, 0.1) is 53.4 Å². The van der Waals surface area contributed by atoms with Gasteiger partial charge < -0.3 is 30.9 Å². The first-order valence-corrected chi connectivity index (χ1v) is 15.3. The maximum absolute atomic E-state index is 15.2. The van der Waals surface area contributed by atoms with Gasteiger partial charge in [-0.15, -0.1) is 11.3 Å². The van der Waals surface area contributed by atoms with E-state index in [-0.39, 0.29) is 31.6 Å². The Kier molecular flexibility index (Phi) is 9.85. The summed E-state index contributed by atoms with van der Waals surface area (Å²) in [5.74, 6) is 7.76. The normalized spacial score (nSPS) is 19.5. The van der Waals surface area contributed by atoms with Crippen LogP contribution >= 0.6 is 11.3 Å². The summed E-state index contributed by atoms with van der Waals surface area (Å²) in [6, 6.07) is 11.1. The number of carbonyl (C=O) groups excluding carboxylic acids is 1. The number of rotatable bonds is 11. The van der Waals surface area contributed by atoms with E-state index in [9.17, 15) is 9.90 Å². The summed E-state index contributed by atoms with van der Waals surface area (Å²) in [5, 5.41) is 29.5. The van der Waals surface area contributed by atoms with Gasteiger partial charge in [0.1, 0.15) is 11.9 Å². The first kappa shape index (κ1) is 30.1. The lowest BCUT2D eigenvalue weighted by Gasteiger charge is -2.36. The molecule has 1 aliphatic heterocycles. The number of ether oxygens (including phenoxy) is 1. The van der Waals surface area contributed by atoms with Gasteiger partial charge in [0, 0.05) is 32.2 Å². The number of alkyl halides is 1. The van der Waals surface area contributed by atoms with Crippen molar-refractivity contribution in [2.45, 2.75) is 44.0 Å². The highest BCUT2D eigenvalue weighted by Crippen LogP contribution is 2.42. The molecule has 1 saturated heterocycles. The Balaban J connectivity index is 1.32. The summed E-state index contributed by atoms with van der Waals surface area (Å²) in [6.45, 7) is 1.25. The van der Waals surface area contributed by atoms with Crippen molar-refractivity contribution in [3.05, 3.63) is 52.4 Å². The Morgan fingerprint density at radius 2 is 2.07 bits per heavy atom. The molecule has 224 valence electrons. The first-order chi connectivity index (χ1) is 20.4. The summed E-state index contributed by atoms with van der Waals surface area (Å²) < 4.78 is 21.7. The van der Waals surface area contributed by atoms with E-state index in [0.717, 1.165) is 27.4 Å². The van der Waals surface area contributed by atoms with Crippen LogP contribution in [0.5, 0.6) is 5.75 Å². The number of methoxy groups -OCH3 is 1. The molecule has 2 fully saturated rings. The lowest BCUT2D eigenvalue weighted by Crippen LogP contribution is -2.50. The lowest BCUT2D eigenvalue weighted by atomic mass is 10.0. The zero-order chi connectivity index (χ0) is 29.6. The molecule has 42 heavy (non-hydrogen) atoms. The minimum Gasteiger partial charge on any atom is -0.495 e. The Morgan fingerprint density at radius 3 is 2.79 bits per heavy atom. The molecule has 0 radical (unpaired) electrons. The molecule has 8 nitrogen and oxygen atoms in total. The van der Waals surface area contributed by atoms with Gasteiger partial charge in [-0.25, -0.2) is 4.39 Å². The maximum Gasteiger partial charge on any atom is 0.251 e. The van der Waals surface area contributed by atoms with Crippen molar-refractivity contribution in [3.8, 4) is 17.6 Å². The SMILES string of the molecule is CNC(=O)c1ccc(NCC#Cc2sc3c(NC4CCN(CC(O)CO)CC4F)cccc3c2CC2CC2)c(OC)c1. The number of fused-ring (bicyclic) bond motifs is 1. The summed E-state index contributed by atoms with van der Waals surface area (Å²) in [4.78, 5) is 14.9. The van der Waals surface area contributed by atoms with Crippen molar-refractivity contribution in [1.29, 1.82) is 0 Å². The van der Waals surface area contributed by atoms with Gasteiger partial charge in [0.15, 0.2) is 0 Å². The number of thiophene rings is 1. The van der Waals surface area contributed by atoms with Gasteiger partial charge in [0.2, 0.25) is 0 Å². The molecule has 5 N–H and O–H groups in total. The number of amides is 1. The zero-order valence-corrected chi connectivity index (χ0v) is 24.9. The second-order valence-electron chi connectivity index (χ2n) is 11.0. The van der Waals surface area contributed by atoms with Crippen molar-refractivity contribution in [2.75, 3.05) is 57.6 Å². The third-order valence-corrected chi connectivity index (χ3v) is 9.11. The van der Waals surface area contributed by atoms with E-state index < -0.39 is 12.3 Å². The highest BCUT2D eigenvalue weighted by Gasteiger charge is 2.31. The van der Waals surface area contributed by atoms with Crippen LogP contribution in [0.4, 0.5) is 15.8 Å². The Hall–Kier alpha value is -3.36. The van der Waals surface area contributed by atoms with Gasteiger partial charge in [-0.1, -0.05) is 24.0 Å². The van der Waals surface area contributed by atoms with Crippen molar-refractivity contribution in [2.24, 2.45) is 5.92 Å². The number of nitrogens with one attached hydrogen (secondary N) is 3. The number of aliphatic hydroxyl groups is 2. The fraction of sp³-hybridized carbons (Fsp3) is 0.469. The van der Waals surface area contributed by atoms with Crippen LogP contribution in [0.25, 0.3) is 10.1 Å². The van der Waals surface area contributed by atoms with Crippen molar-refractivity contribution in [1.82, 2.24) is 10.2 Å². The van der Waals surface area contributed by atoms with Gasteiger partial charge in [0.25, 0.3) is 5.91 Å². The Bertz CT molecular complexity index is 1460. The van der Waals surface area contributed by atoms with E-state index >= 15 is 4.39 Å². The minimum atomic E-state index is -1.08. The van der Waals surface area contributed by atoms with Crippen LogP contribution < -0.4 is 20.7 Å². The molecule has 1 aromatic heterocycles. The van der Waals surface area contributed by atoms with Gasteiger partial charge in [-0.05, 0) is 66.8 Å². The average molecular weight is 595 g/mol. The molecule has 1 amide bonds. The monoisotopic (exact) mass is 594 g/mol.